The summed E-state index contributed by atoms with van der Waals surface area (Å²) >= 11 is 0. The highest BCUT2D eigenvalue weighted by molar-refractivity contribution is 5.81. The van der Waals surface area contributed by atoms with Crippen molar-refractivity contribution < 1.29 is 14.3 Å². The van der Waals surface area contributed by atoms with Crippen molar-refractivity contribution in [1.82, 2.24) is 24.4 Å². The van der Waals surface area contributed by atoms with Gasteiger partial charge in [0.25, 0.3) is 0 Å². The first-order valence-corrected chi connectivity index (χ1v) is 12.7. The number of nitrogens with one attached hydrogen (secondary N) is 1. The summed E-state index contributed by atoms with van der Waals surface area (Å²) in [5.41, 5.74) is 1.63. The number of fused-ring (bicyclic) bond motifs is 1. The minimum Gasteiger partial charge on any atom is -0.369 e. The van der Waals surface area contributed by atoms with E-state index in [4.69, 9.17) is 14.5 Å². The van der Waals surface area contributed by atoms with Gasteiger partial charge in [0.1, 0.15) is 23.9 Å². The fourth-order valence-corrected chi connectivity index (χ4v) is 5.11. The van der Waals surface area contributed by atoms with Gasteiger partial charge in [0.15, 0.2) is 0 Å². The largest absolute Gasteiger partial charge is 0.369 e. The maximum Gasteiger partial charge on any atom is 0.225 e. The summed E-state index contributed by atoms with van der Waals surface area (Å²) in [7, 11) is 0. The molecular weight excluding hydrogens is 458 g/mol. The summed E-state index contributed by atoms with van der Waals surface area (Å²) in [5.74, 6) is 2.32. The number of anilines is 1. The lowest BCUT2D eigenvalue weighted by Crippen LogP contribution is -2.45. The predicted molar refractivity (Wildman–Crippen MR) is 131 cm³/mol. The molecule has 0 radical (unpaired) electrons. The summed E-state index contributed by atoms with van der Waals surface area (Å²) in [6.07, 6.45) is 13.3. The number of carbonyl (C=O) groups excluding carboxylic acids is 1. The second kappa shape index (κ2) is 9.84. The van der Waals surface area contributed by atoms with E-state index in [0.29, 0.717) is 37.3 Å². The first-order chi connectivity index (χ1) is 17.7. The lowest BCUT2D eigenvalue weighted by molar-refractivity contribution is -0.133. The average Bonchev–Trinajstić information content (AvgIpc) is 3.68. The molecule has 2 aliphatic carbocycles. The molecule has 3 atom stereocenters. The van der Waals surface area contributed by atoms with Crippen LogP contribution in [0.3, 0.4) is 0 Å². The first kappa shape index (κ1) is 22.9. The number of nitrogens with zero attached hydrogens (tertiary/aromatic N) is 6. The normalized spacial score (nSPS) is 25.6. The van der Waals surface area contributed by atoms with Gasteiger partial charge in [-0.15, -0.1) is 0 Å². The summed E-state index contributed by atoms with van der Waals surface area (Å²) in [4.78, 5) is 28.4. The second-order valence-electron chi connectivity index (χ2n) is 9.68. The predicted octanol–water partition coefficient (Wildman–Crippen LogP) is 2.28. The minimum absolute atomic E-state index is 0.0961. The Labute approximate surface area is 209 Å². The third kappa shape index (κ3) is 4.64. The van der Waals surface area contributed by atoms with E-state index < -0.39 is 0 Å². The average molecular weight is 488 g/mol. The number of rotatable bonds is 6. The summed E-state index contributed by atoms with van der Waals surface area (Å²) in [5, 5.41) is 12.9. The highest BCUT2D eigenvalue weighted by Gasteiger charge is 2.35. The Morgan fingerprint density at radius 3 is 2.89 bits per heavy atom. The van der Waals surface area contributed by atoms with Crippen LogP contribution in [0.4, 0.5) is 5.95 Å². The van der Waals surface area contributed by atoms with E-state index in [0.717, 1.165) is 43.5 Å². The van der Waals surface area contributed by atoms with Crippen LogP contribution in [0.5, 0.6) is 0 Å². The molecule has 3 fully saturated rings. The van der Waals surface area contributed by atoms with E-state index in [1.165, 1.54) is 0 Å². The number of hydrogen-bond donors (Lipinski definition) is 1. The van der Waals surface area contributed by atoms with Gasteiger partial charge in [-0.3, -0.25) is 9.36 Å². The van der Waals surface area contributed by atoms with Crippen molar-refractivity contribution in [2.45, 2.75) is 50.4 Å². The zero-order valence-corrected chi connectivity index (χ0v) is 20.0. The van der Waals surface area contributed by atoms with E-state index in [9.17, 15) is 10.1 Å². The van der Waals surface area contributed by atoms with Crippen LogP contribution < -0.4 is 5.32 Å². The highest BCUT2D eigenvalue weighted by Crippen LogP contribution is 2.32. The van der Waals surface area contributed by atoms with E-state index in [1.54, 1.807) is 12.4 Å². The Morgan fingerprint density at radius 1 is 1.19 bits per heavy atom. The number of piperidine rings is 1. The molecule has 10 heteroatoms. The van der Waals surface area contributed by atoms with Crippen molar-refractivity contribution >= 4 is 17.4 Å². The third-order valence-electron chi connectivity index (χ3n) is 7.05. The van der Waals surface area contributed by atoms with Crippen LogP contribution in [0, 0.1) is 17.2 Å². The van der Waals surface area contributed by atoms with Gasteiger partial charge >= 0.3 is 0 Å². The number of carbonyl (C=O) groups is 1. The van der Waals surface area contributed by atoms with E-state index in [2.05, 4.69) is 21.4 Å². The highest BCUT2D eigenvalue weighted by atomic mass is 16.6. The Bertz CT molecular complexity index is 1240. The molecule has 0 aromatic carbocycles. The molecule has 1 N–H and O–H groups in total. The Hall–Kier alpha value is -3.55. The smallest absolute Gasteiger partial charge is 0.225 e. The minimum atomic E-state index is -0.168. The molecular formula is C26H29N7O3. The number of amides is 1. The summed E-state index contributed by atoms with van der Waals surface area (Å²) < 4.78 is 13.5. The van der Waals surface area contributed by atoms with Gasteiger partial charge in [-0.1, -0.05) is 12.2 Å². The number of ether oxygens (including phenoxy) is 2. The zero-order valence-electron chi connectivity index (χ0n) is 20.0. The Morgan fingerprint density at radius 2 is 2.06 bits per heavy atom. The van der Waals surface area contributed by atoms with Crippen LogP contribution in [0.1, 0.15) is 37.2 Å². The Balaban J connectivity index is 1.26. The quantitative estimate of drug-likeness (QED) is 0.659. The van der Waals surface area contributed by atoms with Gasteiger partial charge in [0, 0.05) is 36.8 Å². The topological polar surface area (TPSA) is 118 Å². The fourth-order valence-electron chi connectivity index (χ4n) is 5.11. The molecule has 2 aromatic heterocycles. The maximum absolute atomic E-state index is 12.5. The molecule has 36 heavy (non-hydrogen) atoms. The molecule has 6 rings (SSSR count). The molecule has 10 nitrogen and oxygen atoms in total. The van der Waals surface area contributed by atoms with Crippen molar-refractivity contribution in [2.75, 3.05) is 31.6 Å². The standard InChI is InChI=1S/C26H29N7O3/c27-9-7-20-15-29-24(18-5-6-21-22(14-18)36-13-12-35-21)33(20)23-8-10-28-26(31-23)30-19-2-1-11-32(16-19)25(34)17-3-4-17/h5-6,8,10,14-15,17,19,21-22H,1-4,7,11-13,16H2,(H,28,30,31)/t19-,21?,22?/m0/s1. The number of allylic oxidation sites excluding steroid dienone is 2. The maximum atomic E-state index is 12.5. The summed E-state index contributed by atoms with van der Waals surface area (Å²) in [6, 6.07) is 4.14. The molecule has 4 aliphatic rings. The van der Waals surface area contributed by atoms with E-state index in [1.807, 2.05) is 33.8 Å². The fraction of sp³-hybridized carbons (Fsp3) is 0.500. The lowest BCUT2D eigenvalue weighted by Gasteiger charge is -2.33. The zero-order chi connectivity index (χ0) is 24.5. The van der Waals surface area contributed by atoms with Gasteiger partial charge in [0.05, 0.1) is 37.6 Å². The van der Waals surface area contributed by atoms with Crippen LogP contribution in [0.2, 0.25) is 0 Å². The molecule has 1 amide bonds. The molecule has 2 aromatic rings. The van der Waals surface area contributed by atoms with Crippen LogP contribution in [0.25, 0.3) is 11.4 Å². The monoisotopic (exact) mass is 487 g/mol. The number of nitriles is 1. The number of likely N-dealkylation sites (tertiary alicyclic amines) is 1. The van der Waals surface area contributed by atoms with Gasteiger partial charge in [0.2, 0.25) is 11.9 Å². The SMILES string of the molecule is N#CCc1cnc(C2=CC3OCCOC3C=C2)n1-c1ccnc(N[C@H]2CCCN(C(=O)C3CC3)C2)n1. The molecule has 2 aliphatic heterocycles. The van der Waals surface area contributed by atoms with Crippen molar-refractivity contribution in [2.24, 2.45) is 5.92 Å². The van der Waals surface area contributed by atoms with Crippen molar-refractivity contribution in [3.63, 3.8) is 0 Å². The number of imidazole rings is 1. The van der Waals surface area contributed by atoms with Crippen molar-refractivity contribution in [3.05, 3.63) is 48.2 Å². The molecule has 0 bridgehead atoms. The second-order valence-corrected chi connectivity index (χ2v) is 9.68. The molecule has 2 saturated heterocycles. The molecule has 1 saturated carbocycles. The van der Waals surface area contributed by atoms with Gasteiger partial charge in [-0.25, -0.2) is 9.97 Å². The summed E-state index contributed by atoms with van der Waals surface area (Å²) in [6.45, 7) is 2.63. The number of hydrogen-bond acceptors (Lipinski definition) is 8. The Kier molecular flexibility index (Phi) is 6.25. The molecule has 186 valence electrons. The number of aromatic nitrogens is 4. The van der Waals surface area contributed by atoms with Crippen LogP contribution in [-0.4, -0.2) is 74.9 Å². The van der Waals surface area contributed by atoms with Crippen molar-refractivity contribution in [3.8, 4) is 11.9 Å². The van der Waals surface area contributed by atoms with E-state index >= 15 is 0 Å². The van der Waals surface area contributed by atoms with Crippen molar-refractivity contribution in [1.29, 1.82) is 5.26 Å². The van der Waals surface area contributed by atoms with Crippen LogP contribution in [0.15, 0.2) is 36.7 Å². The molecule has 0 spiro atoms. The van der Waals surface area contributed by atoms with Crippen LogP contribution in [-0.2, 0) is 20.7 Å². The third-order valence-corrected chi connectivity index (χ3v) is 7.05. The lowest BCUT2D eigenvalue weighted by atomic mass is 10.0. The molecule has 2 unspecified atom stereocenters. The van der Waals surface area contributed by atoms with Gasteiger partial charge in [-0.05, 0) is 37.8 Å². The van der Waals surface area contributed by atoms with E-state index in [-0.39, 0.29) is 36.5 Å². The molecule has 4 heterocycles. The first-order valence-electron chi connectivity index (χ1n) is 12.7. The van der Waals surface area contributed by atoms with Gasteiger partial charge < -0.3 is 19.7 Å². The van der Waals surface area contributed by atoms with Crippen LogP contribution >= 0.6 is 0 Å². The van der Waals surface area contributed by atoms with Gasteiger partial charge in [-0.2, -0.15) is 10.2 Å².